The highest BCUT2D eigenvalue weighted by atomic mass is 79.9. The van der Waals surface area contributed by atoms with Crippen molar-refractivity contribution in [2.45, 2.75) is 33.6 Å². The molecule has 0 atom stereocenters. The van der Waals surface area contributed by atoms with Crippen LogP contribution in [-0.4, -0.2) is 16.5 Å². The highest BCUT2D eigenvalue weighted by molar-refractivity contribution is 9.10. The molecule has 21 heavy (non-hydrogen) atoms. The van der Waals surface area contributed by atoms with Crippen LogP contribution in [0.1, 0.15) is 31.7 Å². The molecule has 2 aromatic rings. The molecule has 0 aliphatic carbocycles. The van der Waals surface area contributed by atoms with Crippen LogP contribution in [0.5, 0.6) is 11.6 Å². The number of nitrogens with zero attached hydrogens (tertiary/aromatic N) is 2. The van der Waals surface area contributed by atoms with Gasteiger partial charge in [0.25, 0.3) is 0 Å². The molecule has 1 aromatic carbocycles. The molecule has 0 unspecified atom stereocenters. The normalized spacial score (nSPS) is 10.5. The zero-order valence-corrected chi connectivity index (χ0v) is 14.2. The van der Waals surface area contributed by atoms with Crippen molar-refractivity contribution < 1.29 is 4.74 Å². The number of nitrogens with one attached hydrogen (secondary N) is 1. The number of rotatable bonds is 6. The summed E-state index contributed by atoms with van der Waals surface area (Å²) in [5, 5.41) is 3.34. The Bertz CT molecular complexity index is 616. The van der Waals surface area contributed by atoms with Gasteiger partial charge >= 0.3 is 0 Å². The highest BCUT2D eigenvalue weighted by Gasteiger charge is 2.13. The van der Waals surface area contributed by atoms with Gasteiger partial charge in [-0.1, -0.05) is 26.0 Å². The summed E-state index contributed by atoms with van der Waals surface area (Å²) in [5.74, 6) is 2.99. The molecule has 0 radical (unpaired) electrons. The first-order chi connectivity index (χ1) is 10.2. The maximum absolute atomic E-state index is 5.97. The lowest BCUT2D eigenvalue weighted by atomic mass is 10.3. The van der Waals surface area contributed by atoms with Gasteiger partial charge in [0.05, 0.1) is 10.0 Å². The Labute approximate surface area is 134 Å². The van der Waals surface area contributed by atoms with Gasteiger partial charge in [0.15, 0.2) is 0 Å². The second-order valence-electron chi connectivity index (χ2n) is 4.73. The van der Waals surface area contributed by atoms with Gasteiger partial charge in [0, 0.05) is 13.0 Å². The Kier molecular flexibility index (Phi) is 5.56. The van der Waals surface area contributed by atoms with Crippen LogP contribution >= 0.6 is 15.9 Å². The van der Waals surface area contributed by atoms with Crippen LogP contribution < -0.4 is 10.1 Å². The number of para-hydroxylation sites is 1. The van der Waals surface area contributed by atoms with Gasteiger partial charge in [0.2, 0.25) is 5.88 Å². The average Bonchev–Trinajstić information content (AvgIpc) is 2.50. The summed E-state index contributed by atoms with van der Waals surface area (Å²) in [7, 11) is 0. The molecule has 0 saturated carbocycles. The Morgan fingerprint density at radius 1 is 1.19 bits per heavy atom. The molecule has 1 N–H and O–H groups in total. The number of anilines is 1. The number of halogens is 1. The fraction of sp³-hybridized carbons (Fsp3) is 0.375. The van der Waals surface area contributed by atoms with Gasteiger partial charge in [-0.25, -0.2) is 4.98 Å². The molecule has 1 heterocycles. The topological polar surface area (TPSA) is 47.0 Å². The molecule has 2 rings (SSSR count). The largest absolute Gasteiger partial charge is 0.437 e. The van der Waals surface area contributed by atoms with Crippen molar-refractivity contribution in [3.8, 4) is 11.6 Å². The number of hydrogen-bond acceptors (Lipinski definition) is 4. The van der Waals surface area contributed by atoms with E-state index in [1.54, 1.807) is 0 Å². The van der Waals surface area contributed by atoms with E-state index in [1.807, 2.05) is 38.1 Å². The lowest BCUT2D eigenvalue weighted by molar-refractivity contribution is 0.452. The van der Waals surface area contributed by atoms with Crippen molar-refractivity contribution in [3.63, 3.8) is 0 Å². The van der Waals surface area contributed by atoms with Gasteiger partial charge in [-0.3, -0.25) is 0 Å². The minimum Gasteiger partial charge on any atom is -0.437 e. The lowest BCUT2D eigenvalue weighted by Gasteiger charge is -2.14. The van der Waals surface area contributed by atoms with Gasteiger partial charge in [-0.05, 0) is 41.4 Å². The van der Waals surface area contributed by atoms with Crippen molar-refractivity contribution in [1.29, 1.82) is 0 Å². The molecule has 1 aromatic heterocycles. The monoisotopic (exact) mass is 349 g/mol. The van der Waals surface area contributed by atoms with E-state index in [-0.39, 0.29) is 0 Å². The number of benzene rings is 1. The van der Waals surface area contributed by atoms with Crippen LogP contribution in [0.15, 0.2) is 28.7 Å². The molecule has 4 nitrogen and oxygen atoms in total. The molecule has 0 aliphatic rings. The first-order valence-electron chi connectivity index (χ1n) is 7.19. The fourth-order valence-corrected chi connectivity index (χ4v) is 2.21. The minimum atomic E-state index is 0.604. The van der Waals surface area contributed by atoms with Crippen molar-refractivity contribution in [2.24, 2.45) is 0 Å². The summed E-state index contributed by atoms with van der Waals surface area (Å²) in [4.78, 5) is 9.04. The van der Waals surface area contributed by atoms with E-state index >= 15 is 0 Å². The summed E-state index contributed by atoms with van der Waals surface area (Å²) < 4.78 is 6.87. The van der Waals surface area contributed by atoms with Crippen molar-refractivity contribution in [1.82, 2.24) is 9.97 Å². The molecule has 0 spiro atoms. The van der Waals surface area contributed by atoms with Gasteiger partial charge < -0.3 is 10.1 Å². The average molecular weight is 350 g/mol. The molecule has 5 heteroatoms. The van der Waals surface area contributed by atoms with Crippen molar-refractivity contribution >= 4 is 21.7 Å². The van der Waals surface area contributed by atoms with Crippen molar-refractivity contribution in [3.05, 3.63) is 40.1 Å². The zero-order valence-electron chi connectivity index (χ0n) is 12.6. The smallest absolute Gasteiger partial charge is 0.227 e. The van der Waals surface area contributed by atoms with Gasteiger partial charge in [0.1, 0.15) is 17.4 Å². The van der Waals surface area contributed by atoms with E-state index in [0.717, 1.165) is 46.8 Å². The molecule has 0 amide bonds. The van der Waals surface area contributed by atoms with E-state index < -0.39 is 0 Å². The lowest BCUT2D eigenvalue weighted by Crippen LogP contribution is -2.08. The maximum atomic E-state index is 5.97. The van der Waals surface area contributed by atoms with E-state index in [0.29, 0.717) is 5.88 Å². The van der Waals surface area contributed by atoms with Gasteiger partial charge in [-0.15, -0.1) is 0 Å². The molecule has 112 valence electrons. The zero-order chi connectivity index (χ0) is 15.2. The van der Waals surface area contributed by atoms with E-state index in [9.17, 15) is 0 Å². The maximum Gasteiger partial charge on any atom is 0.227 e. The standard InChI is InChI=1S/C16H20BrN3O/c1-4-10-18-15-11(3)16(20-14(5-2)19-15)21-13-9-7-6-8-12(13)17/h6-9H,4-5,10H2,1-3H3,(H,18,19,20). The second-order valence-corrected chi connectivity index (χ2v) is 5.59. The summed E-state index contributed by atoms with van der Waals surface area (Å²) in [6.07, 6.45) is 1.82. The van der Waals surface area contributed by atoms with Crippen LogP contribution in [-0.2, 0) is 6.42 Å². The predicted molar refractivity (Wildman–Crippen MR) is 89.1 cm³/mol. The molecule has 0 fully saturated rings. The third-order valence-corrected chi connectivity index (χ3v) is 3.70. The Balaban J connectivity index is 2.35. The third-order valence-electron chi connectivity index (χ3n) is 3.05. The third kappa shape index (κ3) is 3.94. The van der Waals surface area contributed by atoms with Crippen molar-refractivity contribution in [2.75, 3.05) is 11.9 Å². The minimum absolute atomic E-state index is 0.604. The summed E-state index contributed by atoms with van der Waals surface area (Å²) >= 11 is 3.49. The first-order valence-corrected chi connectivity index (χ1v) is 7.98. The van der Waals surface area contributed by atoms with E-state index in [4.69, 9.17) is 4.74 Å². The molecule has 0 aliphatic heterocycles. The number of aryl methyl sites for hydroxylation is 1. The fourth-order valence-electron chi connectivity index (χ4n) is 1.84. The van der Waals surface area contributed by atoms with Crippen LogP contribution in [0, 0.1) is 6.92 Å². The first kappa shape index (κ1) is 15.8. The van der Waals surface area contributed by atoms with E-state index in [2.05, 4.69) is 38.1 Å². The van der Waals surface area contributed by atoms with Crippen LogP contribution in [0.3, 0.4) is 0 Å². The van der Waals surface area contributed by atoms with Crippen LogP contribution in [0.4, 0.5) is 5.82 Å². The number of hydrogen-bond donors (Lipinski definition) is 1. The molecule has 0 bridgehead atoms. The SMILES string of the molecule is CCCNc1nc(CC)nc(Oc2ccccc2Br)c1C. The Morgan fingerprint density at radius 3 is 2.62 bits per heavy atom. The number of ether oxygens (including phenoxy) is 1. The molecular formula is C16H20BrN3O. The van der Waals surface area contributed by atoms with E-state index in [1.165, 1.54) is 0 Å². The molecule has 0 saturated heterocycles. The summed E-state index contributed by atoms with van der Waals surface area (Å²) in [6.45, 7) is 7.03. The Hall–Kier alpha value is -1.62. The Morgan fingerprint density at radius 2 is 1.95 bits per heavy atom. The quantitative estimate of drug-likeness (QED) is 0.819. The van der Waals surface area contributed by atoms with Gasteiger partial charge in [-0.2, -0.15) is 4.98 Å². The molecular weight excluding hydrogens is 330 g/mol. The number of aromatic nitrogens is 2. The second kappa shape index (κ2) is 7.41. The van der Waals surface area contributed by atoms with Crippen LogP contribution in [0.2, 0.25) is 0 Å². The predicted octanol–water partition coefficient (Wildman–Crippen LogP) is 4.72. The highest BCUT2D eigenvalue weighted by Crippen LogP contribution is 2.31. The van der Waals surface area contributed by atoms with Crippen LogP contribution in [0.25, 0.3) is 0 Å². The summed E-state index contributed by atoms with van der Waals surface area (Å²) in [6, 6.07) is 7.75. The summed E-state index contributed by atoms with van der Waals surface area (Å²) in [5.41, 5.74) is 0.927.